The number of aliphatic hydroxyl groups excluding tert-OH is 1. The largest absolute Gasteiger partial charge is 0.416 e. The molecule has 1 rings (SSSR count). The number of alkyl halides is 3. The Morgan fingerprint density at radius 3 is 2.33 bits per heavy atom. The molecule has 1 aromatic carbocycles. The Morgan fingerprint density at radius 2 is 1.88 bits per heavy atom. The van der Waals surface area contributed by atoms with E-state index in [1.807, 2.05) is 0 Å². The van der Waals surface area contributed by atoms with Crippen molar-refractivity contribution in [2.45, 2.75) is 37.6 Å². The van der Waals surface area contributed by atoms with Gasteiger partial charge in [0.2, 0.25) is 5.91 Å². The average Bonchev–Trinajstić information content (AvgIpc) is 2.52. The predicted octanol–water partition coefficient (Wildman–Crippen LogP) is 1.51. The van der Waals surface area contributed by atoms with Gasteiger partial charge in [-0.1, -0.05) is 12.1 Å². The number of nitrogens with one attached hydrogen (secondary N) is 1. The van der Waals surface area contributed by atoms with Gasteiger partial charge in [0.25, 0.3) is 5.91 Å². The van der Waals surface area contributed by atoms with Crippen molar-refractivity contribution in [3.63, 3.8) is 0 Å². The lowest BCUT2D eigenvalue weighted by atomic mass is 10.0. The maximum absolute atomic E-state index is 12.5. The zero-order chi connectivity index (χ0) is 18.3. The average molecular weight is 342 g/mol. The summed E-state index contributed by atoms with van der Waals surface area (Å²) in [6.45, 7) is 0. The third-order valence-corrected chi connectivity index (χ3v) is 3.28. The second-order valence-corrected chi connectivity index (χ2v) is 5.08. The first-order chi connectivity index (χ1) is 11.2. The fourth-order valence-electron chi connectivity index (χ4n) is 1.95. The number of amides is 2. The molecule has 0 heterocycles. The van der Waals surface area contributed by atoms with Crippen molar-refractivity contribution in [1.29, 1.82) is 0 Å². The fraction of sp³-hybridized carbons (Fsp3) is 0.375. The molecule has 0 saturated carbocycles. The highest BCUT2D eigenvalue weighted by Crippen LogP contribution is 2.29. The number of aliphatic hydroxyl groups is 1. The Balaban J connectivity index is 2.75. The second kappa shape index (κ2) is 8.36. The Morgan fingerprint density at radius 1 is 1.29 bits per heavy atom. The first-order valence-corrected chi connectivity index (χ1v) is 7.05. The van der Waals surface area contributed by atoms with Crippen LogP contribution in [0.3, 0.4) is 0 Å². The van der Waals surface area contributed by atoms with Crippen molar-refractivity contribution in [3.05, 3.63) is 35.4 Å². The zero-order valence-corrected chi connectivity index (χ0v) is 12.6. The van der Waals surface area contributed by atoms with Gasteiger partial charge in [-0.05, 0) is 30.5 Å². The van der Waals surface area contributed by atoms with Crippen LogP contribution in [0.25, 0.3) is 0 Å². The summed E-state index contributed by atoms with van der Waals surface area (Å²) in [7, 11) is 0. The van der Waals surface area contributed by atoms with Crippen LogP contribution in [0, 0.1) is 12.3 Å². The van der Waals surface area contributed by atoms with Crippen LogP contribution in [-0.2, 0) is 15.8 Å². The number of carbonyl (C=O) groups excluding carboxylic acids is 2. The standard InChI is InChI=1S/C16H17F3N2O3/c1-2-3-4-5-12(14(20)23)21-15(24)13(22)10-6-8-11(9-7-10)16(17,18)19/h1,6-9,12-13,22H,3-5H2,(H2,20,23)(H,21,24)/t12-,13-/m1/s1. The van der Waals surface area contributed by atoms with Crippen LogP contribution in [0.15, 0.2) is 24.3 Å². The van der Waals surface area contributed by atoms with Gasteiger partial charge in [0, 0.05) is 6.42 Å². The van der Waals surface area contributed by atoms with Gasteiger partial charge in [-0.3, -0.25) is 9.59 Å². The minimum absolute atomic E-state index is 0.0349. The van der Waals surface area contributed by atoms with Crippen LogP contribution in [0.1, 0.15) is 36.5 Å². The maximum atomic E-state index is 12.5. The second-order valence-electron chi connectivity index (χ2n) is 5.08. The van der Waals surface area contributed by atoms with E-state index in [0.29, 0.717) is 12.8 Å². The van der Waals surface area contributed by atoms with E-state index in [-0.39, 0.29) is 12.0 Å². The van der Waals surface area contributed by atoms with E-state index < -0.39 is 35.7 Å². The highest BCUT2D eigenvalue weighted by molar-refractivity contribution is 5.88. The minimum atomic E-state index is -4.51. The molecular weight excluding hydrogens is 325 g/mol. The molecule has 0 aliphatic carbocycles. The van der Waals surface area contributed by atoms with Crippen LogP contribution in [0.2, 0.25) is 0 Å². The molecule has 0 unspecified atom stereocenters. The van der Waals surface area contributed by atoms with Crippen LogP contribution in [0.5, 0.6) is 0 Å². The van der Waals surface area contributed by atoms with Crippen molar-refractivity contribution in [2.24, 2.45) is 5.73 Å². The van der Waals surface area contributed by atoms with E-state index in [4.69, 9.17) is 12.2 Å². The van der Waals surface area contributed by atoms with Crippen molar-refractivity contribution in [2.75, 3.05) is 0 Å². The summed E-state index contributed by atoms with van der Waals surface area (Å²) in [5.41, 5.74) is 4.23. The van der Waals surface area contributed by atoms with Gasteiger partial charge in [-0.15, -0.1) is 12.3 Å². The molecule has 0 aliphatic rings. The molecule has 0 aliphatic heterocycles. The number of carbonyl (C=O) groups is 2. The molecule has 0 radical (unpaired) electrons. The molecule has 4 N–H and O–H groups in total. The van der Waals surface area contributed by atoms with Gasteiger partial charge in [-0.2, -0.15) is 13.2 Å². The molecule has 0 fully saturated rings. The van der Waals surface area contributed by atoms with Gasteiger partial charge in [0.05, 0.1) is 5.56 Å². The van der Waals surface area contributed by atoms with Crippen LogP contribution >= 0.6 is 0 Å². The lowest BCUT2D eigenvalue weighted by molar-refractivity contribution is -0.137. The summed E-state index contributed by atoms with van der Waals surface area (Å²) in [5, 5.41) is 12.2. The van der Waals surface area contributed by atoms with Crippen molar-refractivity contribution >= 4 is 11.8 Å². The number of nitrogens with two attached hydrogens (primary N) is 1. The van der Waals surface area contributed by atoms with Gasteiger partial charge in [-0.25, -0.2) is 0 Å². The lowest BCUT2D eigenvalue weighted by Gasteiger charge is -2.18. The molecule has 5 nitrogen and oxygen atoms in total. The number of benzene rings is 1. The fourth-order valence-corrected chi connectivity index (χ4v) is 1.95. The summed E-state index contributed by atoms with van der Waals surface area (Å²) in [4.78, 5) is 23.2. The first-order valence-electron chi connectivity index (χ1n) is 7.05. The molecule has 2 atom stereocenters. The van der Waals surface area contributed by atoms with Crippen LogP contribution < -0.4 is 11.1 Å². The first kappa shape index (κ1) is 19.5. The van der Waals surface area contributed by atoms with Gasteiger partial charge < -0.3 is 16.2 Å². The molecule has 8 heteroatoms. The van der Waals surface area contributed by atoms with Crippen molar-refractivity contribution in [1.82, 2.24) is 5.32 Å². The Hall–Kier alpha value is -2.53. The number of rotatable bonds is 7. The van der Waals surface area contributed by atoms with Crippen LogP contribution in [-0.4, -0.2) is 23.0 Å². The number of unbranched alkanes of at least 4 members (excludes halogenated alkanes) is 1. The van der Waals surface area contributed by atoms with E-state index in [2.05, 4.69) is 11.2 Å². The third-order valence-electron chi connectivity index (χ3n) is 3.28. The number of hydrogen-bond donors (Lipinski definition) is 3. The molecule has 2 amide bonds. The monoisotopic (exact) mass is 342 g/mol. The lowest BCUT2D eigenvalue weighted by Crippen LogP contribution is -2.46. The number of terminal acetylenes is 1. The summed E-state index contributed by atoms with van der Waals surface area (Å²) >= 11 is 0. The third kappa shape index (κ3) is 5.59. The normalized spacial score (nSPS) is 13.6. The predicted molar refractivity (Wildman–Crippen MR) is 80.2 cm³/mol. The molecule has 0 spiro atoms. The molecule has 0 aromatic heterocycles. The summed E-state index contributed by atoms with van der Waals surface area (Å²) in [6.07, 6.45) is -0.115. The minimum Gasteiger partial charge on any atom is -0.378 e. The number of primary amides is 1. The van der Waals surface area contributed by atoms with E-state index in [1.165, 1.54) is 0 Å². The van der Waals surface area contributed by atoms with E-state index in [1.54, 1.807) is 0 Å². The topological polar surface area (TPSA) is 92.4 Å². The quantitative estimate of drug-likeness (QED) is 0.518. The van der Waals surface area contributed by atoms with Crippen molar-refractivity contribution < 1.29 is 27.9 Å². The smallest absolute Gasteiger partial charge is 0.378 e. The van der Waals surface area contributed by atoms with Crippen molar-refractivity contribution in [3.8, 4) is 12.3 Å². The molecule has 0 saturated heterocycles. The summed E-state index contributed by atoms with van der Waals surface area (Å²) in [5.74, 6) is 0.652. The molecule has 24 heavy (non-hydrogen) atoms. The SMILES string of the molecule is C#CCCC[C@@H](NC(=O)[C@H](O)c1ccc(C(F)(F)F)cc1)C(N)=O. The number of halogens is 3. The van der Waals surface area contributed by atoms with E-state index in [0.717, 1.165) is 24.3 Å². The molecular formula is C16H17F3N2O3. The summed E-state index contributed by atoms with van der Waals surface area (Å²) < 4.78 is 37.4. The van der Waals surface area contributed by atoms with Gasteiger partial charge >= 0.3 is 6.18 Å². The number of hydrogen-bond acceptors (Lipinski definition) is 3. The Kier molecular flexibility index (Phi) is 6.80. The Bertz CT molecular complexity index is 621. The highest BCUT2D eigenvalue weighted by atomic mass is 19.4. The maximum Gasteiger partial charge on any atom is 0.416 e. The molecule has 0 bridgehead atoms. The Labute approximate surface area is 137 Å². The highest BCUT2D eigenvalue weighted by Gasteiger charge is 2.31. The van der Waals surface area contributed by atoms with Crippen LogP contribution in [0.4, 0.5) is 13.2 Å². The summed E-state index contributed by atoms with van der Waals surface area (Å²) in [6, 6.07) is 2.47. The van der Waals surface area contributed by atoms with E-state index in [9.17, 15) is 27.9 Å². The molecule has 1 aromatic rings. The zero-order valence-electron chi connectivity index (χ0n) is 12.6. The van der Waals surface area contributed by atoms with Gasteiger partial charge in [0.15, 0.2) is 6.10 Å². The van der Waals surface area contributed by atoms with E-state index >= 15 is 0 Å². The molecule has 130 valence electrons. The van der Waals surface area contributed by atoms with Gasteiger partial charge in [0.1, 0.15) is 6.04 Å².